The standard InChI is InChI=1S/C27H34N2O5/c30-26(22-5-4-8-24(19-22)32-18-15-28-13-16-31-17-14-28)29-11-9-27(10-12-29)20-25(21-33-27)34-23-6-2-1-3-7-23/h1-8,19,25H,9-18,20-21H2/t25-/m0/s1. The number of nitrogens with zero attached hydrogens (tertiary/aromatic N) is 2. The van der Waals surface area contributed by atoms with E-state index in [1.807, 2.05) is 59.5 Å². The van der Waals surface area contributed by atoms with Gasteiger partial charge in [0.25, 0.3) is 5.91 Å². The van der Waals surface area contributed by atoms with Crippen LogP contribution in [-0.4, -0.2) is 86.6 Å². The summed E-state index contributed by atoms with van der Waals surface area (Å²) in [5.41, 5.74) is 0.498. The first-order chi connectivity index (χ1) is 16.7. The molecule has 0 unspecified atom stereocenters. The lowest BCUT2D eigenvalue weighted by molar-refractivity contribution is -0.0395. The molecule has 1 atom stereocenters. The molecule has 34 heavy (non-hydrogen) atoms. The molecule has 0 N–H and O–H groups in total. The fourth-order valence-corrected chi connectivity index (χ4v) is 5.05. The van der Waals surface area contributed by atoms with Gasteiger partial charge >= 0.3 is 0 Å². The van der Waals surface area contributed by atoms with Crippen molar-refractivity contribution in [1.82, 2.24) is 9.80 Å². The van der Waals surface area contributed by atoms with E-state index in [1.54, 1.807) is 0 Å². The Morgan fingerprint density at radius 1 is 0.971 bits per heavy atom. The molecular weight excluding hydrogens is 432 g/mol. The number of benzene rings is 2. The number of likely N-dealkylation sites (tertiary alicyclic amines) is 1. The average Bonchev–Trinajstić information content (AvgIpc) is 3.27. The monoisotopic (exact) mass is 466 g/mol. The molecular formula is C27H34N2O5. The zero-order valence-corrected chi connectivity index (χ0v) is 19.7. The lowest BCUT2D eigenvalue weighted by Crippen LogP contribution is -2.46. The second-order valence-corrected chi connectivity index (χ2v) is 9.37. The van der Waals surface area contributed by atoms with Gasteiger partial charge in [0.2, 0.25) is 0 Å². The minimum atomic E-state index is -0.180. The van der Waals surface area contributed by atoms with E-state index in [2.05, 4.69) is 4.90 Å². The lowest BCUT2D eigenvalue weighted by atomic mass is 9.87. The van der Waals surface area contributed by atoms with Crippen LogP contribution in [-0.2, 0) is 9.47 Å². The van der Waals surface area contributed by atoms with Crippen molar-refractivity contribution in [1.29, 1.82) is 0 Å². The van der Waals surface area contributed by atoms with E-state index in [4.69, 9.17) is 18.9 Å². The van der Waals surface area contributed by atoms with Gasteiger partial charge in [-0.05, 0) is 43.2 Å². The van der Waals surface area contributed by atoms with Crippen molar-refractivity contribution in [2.45, 2.75) is 31.0 Å². The average molecular weight is 467 g/mol. The third-order valence-electron chi connectivity index (χ3n) is 7.04. The maximum absolute atomic E-state index is 13.2. The van der Waals surface area contributed by atoms with E-state index in [0.29, 0.717) is 31.9 Å². The van der Waals surface area contributed by atoms with Crippen molar-refractivity contribution >= 4 is 5.91 Å². The maximum atomic E-state index is 13.2. The minimum Gasteiger partial charge on any atom is -0.492 e. The van der Waals surface area contributed by atoms with Crippen LogP contribution in [0.4, 0.5) is 0 Å². The van der Waals surface area contributed by atoms with Gasteiger partial charge in [-0.1, -0.05) is 24.3 Å². The number of ether oxygens (including phenoxy) is 4. The SMILES string of the molecule is O=C(c1cccc(OCCN2CCOCC2)c1)N1CCC2(CC1)C[C@H](Oc1ccccc1)CO2. The molecule has 1 spiro atoms. The summed E-state index contributed by atoms with van der Waals surface area (Å²) in [6, 6.07) is 17.5. The number of hydrogen-bond donors (Lipinski definition) is 0. The number of carbonyl (C=O) groups is 1. The fraction of sp³-hybridized carbons (Fsp3) is 0.519. The Morgan fingerprint density at radius 2 is 1.74 bits per heavy atom. The van der Waals surface area contributed by atoms with Crippen molar-refractivity contribution < 1.29 is 23.7 Å². The van der Waals surface area contributed by atoms with Gasteiger partial charge in [-0.25, -0.2) is 0 Å². The highest BCUT2D eigenvalue weighted by molar-refractivity contribution is 5.94. The molecule has 0 saturated carbocycles. The van der Waals surface area contributed by atoms with Crippen molar-refractivity contribution in [2.75, 3.05) is 59.2 Å². The van der Waals surface area contributed by atoms with Gasteiger partial charge in [-0.2, -0.15) is 0 Å². The summed E-state index contributed by atoms with van der Waals surface area (Å²) >= 11 is 0. The molecule has 2 aromatic carbocycles. The zero-order chi connectivity index (χ0) is 23.2. The summed E-state index contributed by atoms with van der Waals surface area (Å²) in [7, 11) is 0. The normalized spacial score (nSPS) is 22.6. The summed E-state index contributed by atoms with van der Waals surface area (Å²) < 4.78 is 23.6. The van der Waals surface area contributed by atoms with Crippen molar-refractivity contribution in [3.05, 3.63) is 60.2 Å². The van der Waals surface area contributed by atoms with Crippen LogP contribution in [0.25, 0.3) is 0 Å². The first-order valence-electron chi connectivity index (χ1n) is 12.4. The van der Waals surface area contributed by atoms with E-state index >= 15 is 0 Å². The highest BCUT2D eigenvalue weighted by Gasteiger charge is 2.44. The number of hydrogen-bond acceptors (Lipinski definition) is 6. The fourth-order valence-electron chi connectivity index (χ4n) is 5.05. The third kappa shape index (κ3) is 5.71. The van der Waals surface area contributed by atoms with Crippen LogP contribution < -0.4 is 9.47 Å². The second kappa shape index (κ2) is 10.8. The molecule has 7 heteroatoms. The molecule has 3 saturated heterocycles. The number of piperidine rings is 1. The zero-order valence-electron chi connectivity index (χ0n) is 19.7. The summed E-state index contributed by atoms with van der Waals surface area (Å²) in [6.45, 7) is 6.92. The molecule has 3 heterocycles. The van der Waals surface area contributed by atoms with E-state index in [-0.39, 0.29) is 17.6 Å². The molecule has 0 bridgehead atoms. The van der Waals surface area contributed by atoms with E-state index in [9.17, 15) is 4.79 Å². The van der Waals surface area contributed by atoms with E-state index in [0.717, 1.165) is 63.6 Å². The number of amides is 1. The second-order valence-electron chi connectivity index (χ2n) is 9.37. The summed E-state index contributed by atoms with van der Waals surface area (Å²) in [6.07, 6.45) is 2.61. The van der Waals surface area contributed by atoms with Gasteiger partial charge in [-0.3, -0.25) is 9.69 Å². The smallest absolute Gasteiger partial charge is 0.253 e. The lowest BCUT2D eigenvalue weighted by Gasteiger charge is -2.38. The molecule has 7 nitrogen and oxygen atoms in total. The van der Waals surface area contributed by atoms with Gasteiger partial charge < -0.3 is 23.8 Å². The van der Waals surface area contributed by atoms with Gasteiger partial charge in [0.05, 0.1) is 25.4 Å². The third-order valence-corrected chi connectivity index (χ3v) is 7.04. The Balaban J connectivity index is 1.10. The predicted octanol–water partition coefficient (Wildman–Crippen LogP) is 3.24. The van der Waals surface area contributed by atoms with Crippen LogP contribution in [0.1, 0.15) is 29.6 Å². The molecule has 0 aromatic heterocycles. The minimum absolute atomic E-state index is 0.0589. The van der Waals surface area contributed by atoms with Crippen LogP contribution in [0.5, 0.6) is 11.5 Å². The Labute approximate surface area is 201 Å². The molecule has 1 amide bonds. The van der Waals surface area contributed by atoms with Crippen molar-refractivity contribution in [2.24, 2.45) is 0 Å². The van der Waals surface area contributed by atoms with Gasteiger partial charge in [0, 0.05) is 44.7 Å². The molecule has 3 aliphatic rings. The van der Waals surface area contributed by atoms with Gasteiger partial charge in [0.1, 0.15) is 24.2 Å². The Bertz CT molecular complexity index is 939. The van der Waals surface area contributed by atoms with Crippen LogP contribution in [0.3, 0.4) is 0 Å². The summed E-state index contributed by atoms with van der Waals surface area (Å²) in [5, 5.41) is 0. The maximum Gasteiger partial charge on any atom is 0.253 e. The van der Waals surface area contributed by atoms with Crippen LogP contribution >= 0.6 is 0 Å². The van der Waals surface area contributed by atoms with Crippen molar-refractivity contribution in [3.8, 4) is 11.5 Å². The highest BCUT2D eigenvalue weighted by Crippen LogP contribution is 2.37. The number of carbonyl (C=O) groups excluding carboxylic acids is 1. The molecule has 3 aliphatic heterocycles. The van der Waals surface area contributed by atoms with Crippen molar-refractivity contribution in [3.63, 3.8) is 0 Å². The van der Waals surface area contributed by atoms with E-state index < -0.39 is 0 Å². The highest BCUT2D eigenvalue weighted by atomic mass is 16.6. The van der Waals surface area contributed by atoms with Crippen LogP contribution in [0.2, 0.25) is 0 Å². The predicted molar refractivity (Wildman–Crippen MR) is 128 cm³/mol. The summed E-state index contributed by atoms with van der Waals surface area (Å²) in [5.74, 6) is 1.68. The Hall–Kier alpha value is -2.61. The topological polar surface area (TPSA) is 60.5 Å². The summed E-state index contributed by atoms with van der Waals surface area (Å²) in [4.78, 5) is 17.4. The molecule has 5 rings (SSSR count). The van der Waals surface area contributed by atoms with Gasteiger partial charge in [-0.15, -0.1) is 0 Å². The first kappa shape index (κ1) is 23.1. The molecule has 0 aliphatic carbocycles. The quantitative estimate of drug-likeness (QED) is 0.625. The number of morpholine rings is 1. The van der Waals surface area contributed by atoms with E-state index in [1.165, 1.54) is 0 Å². The Kier molecular flexibility index (Phi) is 7.33. The van der Waals surface area contributed by atoms with Crippen LogP contribution in [0, 0.1) is 0 Å². The van der Waals surface area contributed by atoms with Crippen LogP contribution in [0.15, 0.2) is 54.6 Å². The number of para-hydroxylation sites is 1. The number of rotatable bonds is 7. The first-order valence-corrected chi connectivity index (χ1v) is 12.4. The molecule has 0 radical (unpaired) electrons. The molecule has 3 fully saturated rings. The largest absolute Gasteiger partial charge is 0.492 e. The van der Waals surface area contributed by atoms with Gasteiger partial charge in [0.15, 0.2) is 0 Å². The molecule has 182 valence electrons. The Morgan fingerprint density at radius 3 is 2.53 bits per heavy atom. The molecule has 2 aromatic rings.